The van der Waals surface area contributed by atoms with E-state index >= 15 is 0 Å². The highest BCUT2D eigenvalue weighted by Gasteiger charge is 2.35. The number of benzene rings is 5. The van der Waals surface area contributed by atoms with Gasteiger partial charge in [-0.05, 0) is 125 Å². The van der Waals surface area contributed by atoms with Gasteiger partial charge < -0.3 is 66.1 Å². The summed E-state index contributed by atoms with van der Waals surface area (Å²) in [6, 6.07) is 47.5. The van der Waals surface area contributed by atoms with E-state index in [1.165, 1.54) is 28.4 Å². The zero-order valence-corrected chi connectivity index (χ0v) is 60.7. The monoisotopic (exact) mass is 1490 g/mol. The first kappa shape index (κ1) is 80.3. The Bertz CT molecular complexity index is 4960. The SMILES string of the molecule is C.C.C.CCOC(=O)c1c(N2CCN(C(=O)c3ccco3)CC2)c2cc(C)ccc2n(C)c1=O.CCOC(=O)c1c(N2CCN(C(=O)c3ccco3)CC2)c2cc(C)ccc2n(Cc2ccccc2)c1=O.CCOC(=O)c1c(N2CCN(C(=O)c3cccs3)CC2)c2cc(C)ccc2n(Cc2ccccc2)c1=O. The number of pyridine rings is 3. The number of piperazine rings is 3. The minimum absolute atomic E-state index is 0. The summed E-state index contributed by atoms with van der Waals surface area (Å²) in [5, 5.41) is 4.35. The number of thiophene rings is 1. The molecule has 24 heteroatoms. The third kappa shape index (κ3) is 17.0. The molecule has 6 aromatic heterocycles. The predicted molar refractivity (Wildman–Crippen MR) is 425 cm³/mol. The van der Waals surface area contributed by atoms with E-state index in [9.17, 15) is 43.2 Å². The van der Waals surface area contributed by atoms with E-state index < -0.39 is 17.9 Å². The van der Waals surface area contributed by atoms with Crippen LogP contribution < -0.4 is 31.4 Å². The van der Waals surface area contributed by atoms with Crippen molar-refractivity contribution in [1.29, 1.82) is 0 Å². The fourth-order valence-corrected chi connectivity index (χ4v) is 14.5. The molecule has 108 heavy (non-hydrogen) atoms. The largest absolute Gasteiger partial charge is 0.462 e. The summed E-state index contributed by atoms with van der Waals surface area (Å²) in [7, 11) is 1.66. The molecule has 11 aromatic rings. The number of fused-ring (bicyclic) bond motifs is 3. The Kier molecular flexibility index (Phi) is 26.8. The summed E-state index contributed by atoms with van der Waals surface area (Å²) in [4.78, 5) is 131. The third-order valence-corrected chi connectivity index (χ3v) is 19.8. The van der Waals surface area contributed by atoms with Gasteiger partial charge in [0.25, 0.3) is 34.4 Å². The quantitative estimate of drug-likeness (QED) is 0.0645. The molecule has 3 fully saturated rings. The molecule has 14 rings (SSSR count). The van der Waals surface area contributed by atoms with Crippen LogP contribution in [0.25, 0.3) is 32.7 Å². The molecule has 3 aliphatic heterocycles. The molecule has 0 spiro atoms. The number of hydrogen-bond acceptors (Lipinski definition) is 18. The maximum Gasteiger partial charge on any atom is 0.345 e. The second kappa shape index (κ2) is 36.0. The Hall–Kier alpha value is -11.8. The average molecular weight is 1490 g/mol. The number of esters is 3. The molecule has 0 unspecified atom stereocenters. The van der Waals surface area contributed by atoms with Crippen molar-refractivity contribution >= 4 is 96.7 Å². The number of aromatic nitrogens is 3. The number of amides is 3. The van der Waals surface area contributed by atoms with Gasteiger partial charge in [0, 0.05) is 102 Å². The summed E-state index contributed by atoms with van der Waals surface area (Å²) in [6.45, 7) is 18.0. The second-order valence-electron chi connectivity index (χ2n) is 25.8. The third-order valence-electron chi connectivity index (χ3n) is 19.0. The van der Waals surface area contributed by atoms with E-state index in [1.807, 2.05) is 168 Å². The molecule has 5 aromatic carbocycles. The van der Waals surface area contributed by atoms with Crippen molar-refractivity contribution in [3.63, 3.8) is 0 Å². The van der Waals surface area contributed by atoms with E-state index in [0.29, 0.717) is 125 Å². The van der Waals surface area contributed by atoms with Crippen molar-refractivity contribution in [2.75, 3.05) is 113 Å². The number of furan rings is 2. The molecule has 0 bridgehead atoms. The van der Waals surface area contributed by atoms with Gasteiger partial charge in [0.05, 0.1) is 83.9 Å². The van der Waals surface area contributed by atoms with Crippen LogP contribution in [0.5, 0.6) is 0 Å². The number of rotatable bonds is 16. The van der Waals surface area contributed by atoms with E-state index in [-0.39, 0.29) is 93.2 Å². The summed E-state index contributed by atoms with van der Waals surface area (Å²) in [6.07, 6.45) is 2.96. The lowest BCUT2D eigenvalue weighted by Crippen LogP contribution is -2.49. The average Bonchev–Trinajstić information content (AvgIpc) is 0.950. The first-order valence-corrected chi connectivity index (χ1v) is 36.1. The number of carbonyl (C=O) groups is 6. The van der Waals surface area contributed by atoms with E-state index in [4.69, 9.17) is 23.0 Å². The van der Waals surface area contributed by atoms with Gasteiger partial charge in [0.2, 0.25) is 0 Å². The lowest BCUT2D eigenvalue weighted by molar-refractivity contribution is 0.0514. The van der Waals surface area contributed by atoms with Crippen LogP contribution in [0.4, 0.5) is 17.1 Å². The molecular formula is C84H95N9O14S. The lowest BCUT2D eigenvalue weighted by atomic mass is 10.0. The number of hydrogen-bond donors (Lipinski definition) is 0. The fourth-order valence-electron chi connectivity index (χ4n) is 13.8. The Morgan fingerprint density at radius 1 is 0.398 bits per heavy atom. The van der Waals surface area contributed by atoms with Gasteiger partial charge in [0.1, 0.15) is 16.7 Å². The van der Waals surface area contributed by atoms with Gasteiger partial charge in [-0.1, -0.05) is 124 Å². The van der Waals surface area contributed by atoms with Gasteiger partial charge in [-0.25, -0.2) is 14.4 Å². The van der Waals surface area contributed by atoms with E-state index in [2.05, 4.69) is 4.90 Å². The fraction of sp³-hybridized carbons (Fsp3) is 0.321. The number of ether oxygens (including phenoxy) is 3. The highest BCUT2D eigenvalue weighted by atomic mass is 32.1. The van der Waals surface area contributed by atoms with Crippen LogP contribution in [0.2, 0.25) is 0 Å². The van der Waals surface area contributed by atoms with Gasteiger partial charge in [-0.15, -0.1) is 11.3 Å². The van der Waals surface area contributed by atoms with Crippen molar-refractivity contribution in [2.24, 2.45) is 7.05 Å². The minimum Gasteiger partial charge on any atom is -0.462 e. The van der Waals surface area contributed by atoms with Gasteiger partial charge in [-0.2, -0.15) is 0 Å². The molecular weight excluding hydrogens is 1390 g/mol. The van der Waals surface area contributed by atoms with Crippen molar-refractivity contribution in [3.8, 4) is 0 Å². The van der Waals surface area contributed by atoms with Gasteiger partial charge in [-0.3, -0.25) is 28.8 Å². The highest BCUT2D eigenvalue weighted by molar-refractivity contribution is 7.12. The molecule has 0 N–H and O–H groups in total. The van der Waals surface area contributed by atoms with Crippen molar-refractivity contribution < 1.29 is 51.8 Å². The smallest absolute Gasteiger partial charge is 0.345 e. The van der Waals surface area contributed by atoms with Crippen molar-refractivity contribution in [3.05, 3.63) is 262 Å². The minimum atomic E-state index is -0.637. The number of nitrogens with zero attached hydrogens (tertiary/aromatic N) is 9. The van der Waals surface area contributed by atoms with Gasteiger partial charge >= 0.3 is 17.9 Å². The Morgan fingerprint density at radius 3 is 1.07 bits per heavy atom. The summed E-state index contributed by atoms with van der Waals surface area (Å²) >= 11 is 1.43. The van der Waals surface area contributed by atoms with Crippen LogP contribution in [0, 0.1) is 20.8 Å². The van der Waals surface area contributed by atoms with Crippen LogP contribution in [0.3, 0.4) is 0 Å². The zero-order chi connectivity index (χ0) is 74.0. The zero-order valence-electron chi connectivity index (χ0n) is 59.8. The molecule has 0 aliphatic carbocycles. The molecule has 0 radical (unpaired) electrons. The number of aryl methyl sites for hydroxylation is 4. The molecule has 23 nitrogen and oxygen atoms in total. The molecule has 3 saturated heterocycles. The van der Waals surface area contributed by atoms with Crippen molar-refractivity contribution in [2.45, 2.75) is 76.9 Å². The van der Waals surface area contributed by atoms with Crippen LogP contribution in [-0.2, 0) is 34.3 Å². The molecule has 9 heterocycles. The maximum absolute atomic E-state index is 14.0. The summed E-state index contributed by atoms with van der Waals surface area (Å²) in [5.41, 5.74) is 7.94. The number of carbonyl (C=O) groups excluding carboxylic acids is 6. The summed E-state index contributed by atoms with van der Waals surface area (Å²) < 4.78 is 31.3. The topological polar surface area (TPSA) is 242 Å². The van der Waals surface area contributed by atoms with Crippen LogP contribution >= 0.6 is 11.3 Å². The molecule has 0 atom stereocenters. The Balaban J connectivity index is 0.000000185. The molecule has 0 saturated carbocycles. The molecule has 3 amide bonds. The van der Waals surface area contributed by atoms with E-state index in [1.54, 1.807) is 71.0 Å². The van der Waals surface area contributed by atoms with Crippen molar-refractivity contribution in [1.82, 2.24) is 28.4 Å². The van der Waals surface area contributed by atoms with E-state index in [0.717, 1.165) is 60.5 Å². The Morgan fingerprint density at radius 2 is 0.741 bits per heavy atom. The standard InChI is InChI=1S/C29H29N3O5.C29H29N3O4S.C23H25N3O5.3CH4/c2*1-3-36-29(35)25-26(30-13-15-31(16-14-30)27(33)24-10-7-17-37-24)22-18-20(2)11-12-23(22)32(28(25)34)19-21-8-5-4-6-9-21;1-4-30-23(29)19-20(16-14-15(2)7-8-17(16)24(3)22(19)28)25-9-11-26(12-10-25)21(27)18-6-5-13-31-18;;;/h2*4-12,17-18H,3,13-16,19H2,1-2H3;5-8,13-14H,4,9-12H2,1-3H3;3*1H4. The highest BCUT2D eigenvalue weighted by Crippen LogP contribution is 2.36. The van der Waals surface area contributed by atoms with Gasteiger partial charge in [0.15, 0.2) is 11.5 Å². The maximum atomic E-state index is 14.0. The molecule has 566 valence electrons. The van der Waals surface area contributed by atoms with Crippen LogP contribution in [0.1, 0.15) is 133 Å². The second-order valence-corrected chi connectivity index (χ2v) is 26.7. The Labute approximate surface area is 632 Å². The first-order valence-electron chi connectivity index (χ1n) is 35.2. The summed E-state index contributed by atoms with van der Waals surface area (Å²) in [5.74, 6) is -1.61. The van der Waals surface area contributed by atoms with Crippen LogP contribution in [-0.4, -0.2) is 162 Å². The first-order chi connectivity index (χ1) is 50.9. The normalized spacial score (nSPS) is 13.4. The predicted octanol–water partition coefficient (Wildman–Crippen LogP) is 13.1. The molecule has 3 aliphatic rings. The number of anilines is 3. The van der Waals surface area contributed by atoms with Crippen LogP contribution in [0.15, 0.2) is 193 Å². The lowest BCUT2D eigenvalue weighted by Gasteiger charge is -2.37.